The van der Waals surface area contributed by atoms with Crippen LogP contribution < -0.4 is 20.7 Å². The van der Waals surface area contributed by atoms with Crippen molar-refractivity contribution in [2.45, 2.75) is 19.4 Å². The number of aromatic hydroxyl groups is 1. The minimum absolute atomic E-state index is 0.0267. The SMILES string of the molecule is COc1cc(NC(=O)C(=O)NC(C)(C)CNC(=O)c2ccccc2O)ccc1-c1cnco1. The van der Waals surface area contributed by atoms with Crippen molar-refractivity contribution in [3.05, 3.63) is 60.6 Å². The molecule has 3 rings (SSSR count). The molecule has 0 spiro atoms. The minimum atomic E-state index is -0.942. The van der Waals surface area contributed by atoms with Crippen LogP contribution in [0, 0.1) is 0 Å². The Labute approximate surface area is 190 Å². The van der Waals surface area contributed by atoms with Crippen molar-refractivity contribution < 1.29 is 28.6 Å². The summed E-state index contributed by atoms with van der Waals surface area (Å²) in [6.45, 7) is 3.33. The Hall–Kier alpha value is -4.34. The first-order valence-electron chi connectivity index (χ1n) is 9.97. The number of benzene rings is 2. The van der Waals surface area contributed by atoms with Gasteiger partial charge in [-0.1, -0.05) is 12.1 Å². The molecule has 0 aliphatic carbocycles. The number of nitrogens with one attached hydrogen (secondary N) is 3. The summed E-state index contributed by atoms with van der Waals surface area (Å²) >= 11 is 0. The predicted molar refractivity (Wildman–Crippen MR) is 120 cm³/mol. The van der Waals surface area contributed by atoms with Gasteiger partial charge in [-0.25, -0.2) is 4.98 Å². The standard InChI is InChI=1S/C23H24N4O6/c1-23(2,12-25-20(29)15-6-4-5-7-17(15)28)27-22(31)21(30)26-14-8-9-16(18(10-14)32-3)19-11-24-13-33-19/h4-11,13,28H,12H2,1-3H3,(H,25,29)(H,26,30)(H,27,31). The molecule has 0 unspecified atom stereocenters. The number of hydrogen-bond donors (Lipinski definition) is 4. The highest BCUT2D eigenvalue weighted by atomic mass is 16.5. The monoisotopic (exact) mass is 452 g/mol. The van der Waals surface area contributed by atoms with Crippen LogP contribution in [0.5, 0.6) is 11.5 Å². The summed E-state index contributed by atoms with van der Waals surface area (Å²) in [5.74, 6) is -1.49. The van der Waals surface area contributed by atoms with E-state index in [9.17, 15) is 19.5 Å². The topological polar surface area (TPSA) is 143 Å². The molecular weight excluding hydrogens is 428 g/mol. The summed E-state index contributed by atoms with van der Waals surface area (Å²) in [4.78, 5) is 40.9. The van der Waals surface area contributed by atoms with E-state index in [2.05, 4.69) is 20.9 Å². The smallest absolute Gasteiger partial charge is 0.313 e. The average Bonchev–Trinajstić information content (AvgIpc) is 3.32. The summed E-state index contributed by atoms with van der Waals surface area (Å²) in [5.41, 5.74) is 0.155. The second-order valence-electron chi connectivity index (χ2n) is 7.77. The second kappa shape index (κ2) is 9.86. The zero-order chi connectivity index (χ0) is 24.0. The molecule has 0 radical (unpaired) electrons. The van der Waals surface area contributed by atoms with Crippen LogP contribution in [0.25, 0.3) is 11.3 Å². The largest absolute Gasteiger partial charge is 0.507 e. The van der Waals surface area contributed by atoms with E-state index in [4.69, 9.17) is 9.15 Å². The van der Waals surface area contributed by atoms with Crippen molar-refractivity contribution >= 4 is 23.4 Å². The number of anilines is 1. The van der Waals surface area contributed by atoms with Crippen molar-refractivity contribution in [1.82, 2.24) is 15.6 Å². The Kier molecular flexibility index (Phi) is 6.97. The number of phenols is 1. The number of hydrogen-bond acceptors (Lipinski definition) is 7. The number of ether oxygens (including phenoxy) is 1. The third kappa shape index (κ3) is 5.88. The molecule has 2 aromatic carbocycles. The summed E-state index contributed by atoms with van der Waals surface area (Å²) in [6, 6.07) is 10.9. The third-order valence-electron chi connectivity index (χ3n) is 4.65. The van der Waals surface area contributed by atoms with Gasteiger partial charge in [0.2, 0.25) is 0 Å². The fourth-order valence-corrected chi connectivity index (χ4v) is 2.98. The summed E-state index contributed by atoms with van der Waals surface area (Å²) in [7, 11) is 1.47. The Morgan fingerprint density at radius 3 is 2.55 bits per heavy atom. The summed E-state index contributed by atoms with van der Waals surface area (Å²) < 4.78 is 10.6. The van der Waals surface area contributed by atoms with Gasteiger partial charge in [-0.3, -0.25) is 14.4 Å². The fraction of sp³-hybridized carbons (Fsp3) is 0.217. The first kappa shape index (κ1) is 23.3. The predicted octanol–water partition coefficient (Wildman–Crippen LogP) is 2.32. The first-order chi connectivity index (χ1) is 15.7. The maximum absolute atomic E-state index is 12.4. The molecule has 10 nitrogen and oxygen atoms in total. The van der Waals surface area contributed by atoms with Crippen molar-refractivity contribution in [3.63, 3.8) is 0 Å². The first-order valence-corrected chi connectivity index (χ1v) is 9.97. The summed E-state index contributed by atoms with van der Waals surface area (Å²) in [6.07, 6.45) is 2.82. The van der Waals surface area contributed by atoms with Crippen LogP contribution in [-0.4, -0.2) is 47.0 Å². The highest BCUT2D eigenvalue weighted by Gasteiger charge is 2.26. The normalized spacial score (nSPS) is 10.9. The van der Waals surface area contributed by atoms with Gasteiger partial charge in [0.1, 0.15) is 11.5 Å². The molecule has 1 aromatic heterocycles. The number of carbonyl (C=O) groups excluding carboxylic acids is 3. The molecule has 0 aliphatic rings. The molecule has 3 aromatic rings. The van der Waals surface area contributed by atoms with E-state index in [1.165, 1.54) is 31.8 Å². The van der Waals surface area contributed by atoms with Gasteiger partial charge in [0.25, 0.3) is 5.91 Å². The lowest BCUT2D eigenvalue weighted by Gasteiger charge is -2.26. The molecule has 1 heterocycles. The molecule has 172 valence electrons. The molecule has 10 heteroatoms. The van der Waals surface area contributed by atoms with Gasteiger partial charge < -0.3 is 30.2 Å². The van der Waals surface area contributed by atoms with E-state index in [1.807, 2.05) is 0 Å². The average molecular weight is 452 g/mol. The molecule has 0 saturated heterocycles. The minimum Gasteiger partial charge on any atom is -0.507 e. The summed E-state index contributed by atoms with van der Waals surface area (Å²) in [5, 5.41) is 17.5. The Bertz CT molecular complexity index is 1160. The number of para-hydroxylation sites is 1. The fourth-order valence-electron chi connectivity index (χ4n) is 2.98. The number of carbonyl (C=O) groups is 3. The number of phenolic OH excluding ortho intramolecular Hbond substituents is 1. The van der Waals surface area contributed by atoms with E-state index in [-0.39, 0.29) is 17.9 Å². The van der Waals surface area contributed by atoms with Crippen molar-refractivity contribution in [3.8, 4) is 22.8 Å². The van der Waals surface area contributed by atoms with E-state index in [0.717, 1.165) is 0 Å². The van der Waals surface area contributed by atoms with Gasteiger partial charge in [-0.2, -0.15) is 0 Å². The Morgan fingerprint density at radius 2 is 1.88 bits per heavy atom. The lowest BCUT2D eigenvalue weighted by Crippen LogP contribution is -2.54. The molecule has 4 N–H and O–H groups in total. The molecule has 0 aliphatic heterocycles. The zero-order valence-corrected chi connectivity index (χ0v) is 18.3. The van der Waals surface area contributed by atoms with E-state index in [1.54, 1.807) is 44.2 Å². The van der Waals surface area contributed by atoms with Gasteiger partial charge in [-0.05, 0) is 38.1 Å². The number of aromatic nitrogens is 1. The van der Waals surface area contributed by atoms with Crippen LogP contribution in [0.2, 0.25) is 0 Å². The number of nitrogens with zero attached hydrogens (tertiary/aromatic N) is 1. The highest BCUT2D eigenvalue weighted by Crippen LogP contribution is 2.32. The van der Waals surface area contributed by atoms with Gasteiger partial charge in [0.05, 0.1) is 30.0 Å². The number of methoxy groups -OCH3 is 1. The van der Waals surface area contributed by atoms with E-state index in [0.29, 0.717) is 22.8 Å². The molecule has 0 saturated carbocycles. The van der Waals surface area contributed by atoms with Gasteiger partial charge in [0, 0.05) is 18.3 Å². The molecule has 0 fully saturated rings. The molecule has 33 heavy (non-hydrogen) atoms. The number of oxazole rings is 1. The van der Waals surface area contributed by atoms with Crippen molar-refractivity contribution in [1.29, 1.82) is 0 Å². The van der Waals surface area contributed by atoms with E-state index >= 15 is 0 Å². The van der Waals surface area contributed by atoms with Crippen molar-refractivity contribution in [2.75, 3.05) is 19.0 Å². The lowest BCUT2D eigenvalue weighted by atomic mass is 10.1. The van der Waals surface area contributed by atoms with Crippen LogP contribution in [-0.2, 0) is 9.59 Å². The second-order valence-corrected chi connectivity index (χ2v) is 7.77. The number of rotatable bonds is 7. The zero-order valence-electron chi connectivity index (χ0n) is 18.3. The molecule has 0 atom stereocenters. The third-order valence-corrected chi connectivity index (χ3v) is 4.65. The number of amides is 3. The van der Waals surface area contributed by atoms with Crippen LogP contribution in [0.4, 0.5) is 5.69 Å². The van der Waals surface area contributed by atoms with Crippen LogP contribution >= 0.6 is 0 Å². The van der Waals surface area contributed by atoms with E-state index < -0.39 is 23.3 Å². The maximum atomic E-state index is 12.4. The molecule has 3 amide bonds. The van der Waals surface area contributed by atoms with Gasteiger partial charge in [-0.15, -0.1) is 0 Å². The van der Waals surface area contributed by atoms with Crippen LogP contribution in [0.1, 0.15) is 24.2 Å². The van der Waals surface area contributed by atoms with Crippen molar-refractivity contribution in [2.24, 2.45) is 0 Å². The van der Waals surface area contributed by atoms with Gasteiger partial charge in [0.15, 0.2) is 12.2 Å². The highest BCUT2D eigenvalue weighted by molar-refractivity contribution is 6.39. The van der Waals surface area contributed by atoms with Gasteiger partial charge >= 0.3 is 11.8 Å². The quantitative estimate of drug-likeness (QED) is 0.403. The Morgan fingerprint density at radius 1 is 1.12 bits per heavy atom. The maximum Gasteiger partial charge on any atom is 0.313 e. The Balaban J connectivity index is 1.59. The van der Waals surface area contributed by atoms with Crippen LogP contribution in [0.15, 0.2) is 59.5 Å². The lowest BCUT2D eigenvalue weighted by molar-refractivity contribution is -0.137. The molecule has 0 bridgehead atoms. The molecular formula is C23H24N4O6. The van der Waals surface area contributed by atoms with Crippen LogP contribution in [0.3, 0.4) is 0 Å².